The number of hydrogen-bond acceptors (Lipinski definition) is 3. The second kappa shape index (κ2) is 14.4. The Morgan fingerprint density at radius 1 is 1.25 bits per heavy atom. The van der Waals surface area contributed by atoms with E-state index in [1.54, 1.807) is 0 Å². The monoisotopic (exact) mass is 233 g/mol. The molecular formula is C12H27NO3. The number of nitrogens with one attached hydrogen (secondary N) is 1. The number of carbonyl (C=O) groups is 1. The van der Waals surface area contributed by atoms with Gasteiger partial charge >= 0.3 is 0 Å². The van der Waals surface area contributed by atoms with Crippen LogP contribution in [0.4, 0.5) is 0 Å². The lowest BCUT2D eigenvalue weighted by Gasteiger charge is -2.08. The van der Waals surface area contributed by atoms with E-state index in [0.29, 0.717) is 13.2 Å². The Hall–Kier alpha value is -0.610. The Kier molecular flexibility index (Phi) is 16.0. The minimum absolute atomic E-state index is 0.0844. The normalized spacial score (nSPS) is 9.62. The molecule has 0 bridgehead atoms. The van der Waals surface area contributed by atoms with E-state index in [9.17, 15) is 4.79 Å². The van der Waals surface area contributed by atoms with Crippen LogP contribution in [0.2, 0.25) is 0 Å². The van der Waals surface area contributed by atoms with Crippen LogP contribution in [0.1, 0.15) is 41.0 Å². The highest BCUT2D eigenvalue weighted by atomic mass is 16.5. The van der Waals surface area contributed by atoms with Crippen molar-refractivity contribution in [3.8, 4) is 0 Å². The van der Waals surface area contributed by atoms with Gasteiger partial charge in [-0.2, -0.15) is 0 Å². The molecule has 0 aromatic heterocycles. The molecule has 16 heavy (non-hydrogen) atoms. The average Bonchev–Trinajstić information content (AvgIpc) is 2.29. The predicted molar refractivity (Wildman–Crippen MR) is 66.6 cm³/mol. The summed E-state index contributed by atoms with van der Waals surface area (Å²) in [6.07, 6.45) is 1.10. The number of carbonyl (C=O) groups excluding carboxylic acids is 1. The van der Waals surface area contributed by atoms with Crippen LogP contribution in [0, 0.1) is 0 Å². The van der Waals surface area contributed by atoms with E-state index in [0.717, 1.165) is 13.0 Å². The summed E-state index contributed by atoms with van der Waals surface area (Å²) < 4.78 is 10.3. The van der Waals surface area contributed by atoms with Crippen LogP contribution in [-0.2, 0) is 14.3 Å². The van der Waals surface area contributed by atoms with Crippen LogP contribution < -0.4 is 5.32 Å². The van der Waals surface area contributed by atoms with E-state index >= 15 is 0 Å². The molecule has 0 heterocycles. The van der Waals surface area contributed by atoms with Crippen molar-refractivity contribution < 1.29 is 14.3 Å². The predicted octanol–water partition coefficient (Wildman–Crippen LogP) is 1.98. The zero-order valence-corrected chi connectivity index (χ0v) is 11.3. The van der Waals surface area contributed by atoms with Crippen molar-refractivity contribution in [2.45, 2.75) is 47.1 Å². The van der Waals surface area contributed by atoms with E-state index in [2.05, 4.69) is 12.2 Å². The Balaban J connectivity index is 0. The molecule has 0 saturated carbocycles. The fraction of sp³-hybridized carbons (Fsp3) is 0.917. The van der Waals surface area contributed by atoms with Crippen LogP contribution >= 0.6 is 0 Å². The summed E-state index contributed by atoms with van der Waals surface area (Å²) >= 11 is 0. The molecule has 0 atom stereocenters. The topological polar surface area (TPSA) is 47.6 Å². The molecule has 0 fully saturated rings. The minimum Gasteiger partial charge on any atom is -0.380 e. The van der Waals surface area contributed by atoms with Gasteiger partial charge in [0.2, 0.25) is 5.91 Å². The summed E-state index contributed by atoms with van der Waals surface area (Å²) in [6, 6.07) is 0. The van der Waals surface area contributed by atoms with Gasteiger partial charge in [-0.05, 0) is 20.3 Å². The Morgan fingerprint density at radius 3 is 2.38 bits per heavy atom. The Labute approximate surface area is 99.7 Å². The third-order valence-corrected chi connectivity index (χ3v) is 1.46. The average molecular weight is 233 g/mol. The highest BCUT2D eigenvalue weighted by Gasteiger charge is 2.01. The maximum absolute atomic E-state index is 11.1. The molecule has 4 nitrogen and oxygen atoms in total. The second-order valence-corrected chi connectivity index (χ2v) is 3.32. The first kappa shape index (κ1) is 17.8. The molecular weight excluding hydrogens is 206 g/mol. The van der Waals surface area contributed by atoms with E-state index in [1.165, 1.54) is 0 Å². The summed E-state index contributed by atoms with van der Waals surface area (Å²) in [4.78, 5) is 11.1. The van der Waals surface area contributed by atoms with Crippen LogP contribution in [0.3, 0.4) is 0 Å². The first-order valence-electron chi connectivity index (χ1n) is 6.12. The molecule has 0 aliphatic rings. The molecule has 0 aromatic rings. The molecule has 0 aliphatic heterocycles. The number of amides is 1. The van der Waals surface area contributed by atoms with Gasteiger partial charge in [0.1, 0.15) is 6.61 Å². The maximum atomic E-state index is 11.1. The van der Waals surface area contributed by atoms with Gasteiger partial charge in [0.05, 0.1) is 12.7 Å². The van der Waals surface area contributed by atoms with Gasteiger partial charge in [0.25, 0.3) is 0 Å². The summed E-state index contributed by atoms with van der Waals surface area (Å²) in [5, 5.41) is 2.71. The molecule has 0 rings (SSSR count). The molecule has 0 aromatic carbocycles. The highest BCUT2D eigenvalue weighted by Crippen LogP contribution is 1.86. The number of hydrogen-bond donors (Lipinski definition) is 1. The van der Waals surface area contributed by atoms with Gasteiger partial charge in [-0.3, -0.25) is 4.79 Å². The van der Waals surface area contributed by atoms with Crippen molar-refractivity contribution in [3.05, 3.63) is 0 Å². The van der Waals surface area contributed by atoms with Gasteiger partial charge in [-0.15, -0.1) is 0 Å². The third kappa shape index (κ3) is 15.8. The maximum Gasteiger partial charge on any atom is 0.246 e. The molecule has 0 unspecified atom stereocenters. The molecule has 1 amide bonds. The van der Waals surface area contributed by atoms with Gasteiger partial charge in [-0.25, -0.2) is 0 Å². The molecule has 0 saturated heterocycles. The van der Waals surface area contributed by atoms with Gasteiger partial charge in [-0.1, -0.05) is 20.8 Å². The Morgan fingerprint density at radius 2 is 1.88 bits per heavy atom. The van der Waals surface area contributed by atoms with Crippen molar-refractivity contribution in [1.29, 1.82) is 0 Å². The fourth-order valence-corrected chi connectivity index (χ4v) is 0.802. The summed E-state index contributed by atoms with van der Waals surface area (Å²) in [7, 11) is 0. The quantitative estimate of drug-likeness (QED) is 0.652. The lowest BCUT2D eigenvalue weighted by molar-refractivity contribution is -0.127. The largest absolute Gasteiger partial charge is 0.380 e. The molecule has 0 aliphatic carbocycles. The van der Waals surface area contributed by atoms with Crippen molar-refractivity contribution >= 4 is 5.91 Å². The first-order valence-corrected chi connectivity index (χ1v) is 6.12. The summed E-state index contributed by atoms with van der Waals surface area (Å²) in [5.74, 6) is -0.0844. The lowest BCUT2D eigenvalue weighted by Crippen LogP contribution is -2.31. The van der Waals surface area contributed by atoms with Gasteiger partial charge < -0.3 is 14.8 Å². The number of ether oxygens (including phenoxy) is 2. The first-order chi connectivity index (χ1) is 7.66. The summed E-state index contributed by atoms with van der Waals surface area (Å²) in [6.45, 7) is 11.9. The van der Waals surface area contributed by atoms with E-state index < -0.39 is 0 Å². The standard InChI is InChI=1S/C10H21NO3.C2H6/c1-4-6-13-7-5-11-10(12)8-14-9(2)3;1-2/h9H,4-8H2,1-3H3,(H,11,12);1-2H3. The SMILES string of the molecule is CC.CCCOCCNC(=O)COC(C)C. The summed E-state index contributed by atoms with van der Waals surface area (Å²) in [5.41, 5.74) is 0. The Bertz CT molecular complexity index is 149. The fourth-order valence-electron chi connectivity index (χ4n) is 0.802. The highest BCUT2D eigenvalue weighted by molar-refractivity contribution is 5.77. The smallest absolute Gasteiger partial charge is 0.246 e. The van der Waals surface area contributed by atoms with Crippen LogP contribution in [0.25, 0.3) is 0 Å². The van der Waals surface area contributed by atoms with Crippen LogP contribution in [-0.4, -0.2) is 38.4 Å². The van der Waals surface area contributed by atoms with Crippen molar-refractivity contribution in [2.75, 3.05) is 26.4 Å². The molecule has 4 heteroatoms. The van der Waals surface area contributed by atoms with Crippen molar-refractivity contribution in [1.82, 2.24) is 5.32 Å². The van der Waals surface area contributed by atoms with Gasteiger partial charge in [0, 0.05) is 13.2 Å². The third-order valence-electron chi connectivity index (χ3n) is 1.46. The second-order valence-electron chi connectivity index (χ2n) is 3.32. The zero-order chi connectivity index (χ0) is 12.8. The molecule has 1 N–H and O–H groups in total. The lowest BCUT2D eigenvalue weighted by atomic mass is 10.5. The molecule has 0 radical (unpaired) electrons. The number of rotatable bonds is 8. The van der Waals surface area contributed by atoms with E-state index in [1.807, 2.05) is 27.7 Å². The van der Waals surface area contributed by atoms with E-state index in [4.69, 9.17) is 9.47 Å². The van der Waals surface area contributed by atoms with Crippen molar-refractivity contribution in [2.24, 2.45) is 0 Å². The van der Waals surface area contributed by atoms with Gasteiger partial charge in [0.15, 0.2) is 0 Å². The molecule has 0 spiro atoms. The molecule has 98 valence electrons. The zero-order valence-electron chi connectivity index (χ0n) is 11.3. The minimum atomic E-state index is -0.0844. The van der Waals surface area contributed by atoms with Crippen molar-refractivity contribution in [3.63, 3.8) is 0 Å². The van der Waals surface area contributed by atoms with Crippen LogP contribution in [0.15, 0.2) is 0 Å². The van der Waals surface area contributed by atoms with E-state index in [-0.39, 0.29) is 18.6 Å². The van der Waals surface area contributed by atoms with Crippen LogP contribution in [0.5, 0.6) is 0 Å².